The molecule has 9 heteroatoms. The first kappa shape index (κ1) is 17.8. The van der Waals surface area contributed by atoms with E-state index in [0.29, 0.717) is 11.4 Å². The topological polar surface area (TPSA) is 72.4 Å². The highest BCUT2D eigenvalue weighted by Crippen LogP contribution is 2.31. The van der Waals surface area contributed by atoms with E-state index in [2.05, 4.69) is 15.3 Å². The van der Waals surface area contributed by atoms with E-state index in [1.807, 2.05) is 0 Å². The lowest BCUT2D eigenvalue weighted by Crippen LogP contribution is -2.15. The van der Waals surface area contributed by atoms with Crippen LogP contribution in [0.15, 0.2) is 59.7 Å². The Labute approximate surface area is 156 Å². The summed E-state index contributed by atoms with van der Waals surface area (Å²) in [6, 6.07) is 9.08. The number of halogens is 3. The van der Waals surface area contributed by atoms with Gasteiger partial charge in [-0.2, -0.15) is 13.2 Å². The molecule has 0 aliphatic rings. The van der Waals surface area contributed by atoms with Gasteiger partial charge in [0.2, 0.25) is 0 Å². The number of carbonyl (C=O) groups is 1. The second kappa shape index (κ2) is 6.52. The van der Waals surface area contributed by atoms with Crippen LogP contribution >= 0.6 is 0 Å². The van der Waals surface area contributed by atoms with Crippen LogP contribution in [0.2, 0.25) is 0 Å². The molecule has 0 unspecified atom stereocenters. The van der Waals surface area contributed by atoms with Crippen LogP contribution in [0.25, 0.3) is 16.9 Å². The van der Waals surface area contributed by atoms with Gasteiger partial charge in [-0.15, -0.1) is 0 Å². The molecule has 1 amide bonds. The van der Waals surface area contributed by atoms with Gasteiger partial charge in [-0.3, -0.25) is 9.20 Å². The van der Waals surface area contributed by atoms with Crippen LogP contribution in [0, 0.1) is 6.92 Å². The summed E-state index contributed by atoms with van der Waals surface area (Å²) in [6.45, 7) is 1.45. The molecule has 0 spiro atoms. The summed E-state index contributed by atoms with van der Waals surface area (Å²) in [6.07, 6.45) is -0.566. The Hall–Kier alpha value is -3.62. The number of hydrogen-bond donors (Lipinski definition) is 1. The van der Waals surface area contributed by atoms with Crippen LogP contribution in [-0.4, -0.2) is 20.3 Å². The van der Waals surface area contributed by atoms with Crippen LogP contribution < -0.4 is 5.32 Å². The zero-order valence-corrected chi connectivity index (χ0v) is 14.5. The second-order valence-corrected chi connectivity index (χ2v) is 6.11. The first-order valence-electron chi connectivity index (χ1n) is 8.19. The van der Waals surface area contributed by atoms with E-state index in [-0.39, 0.29) is 16.9 Å². The number of nitrogens with zero attached hydrogens (tertiary/aromatic N) is 3. The summed E-state index contributed by atoms with van der Waals surface area (Å²) in [5.74, 6) is -0.553. The van der Waals surface area contributed by atoms with Crippen LogP contribution in [0.1, 0.15) is 21.7 Å². The Morgan fingerprint density at radius 1 is 1.18 bits per heavy atom. The number of carbonyl (C=O) groups excluding carboxylic acids is 1. The van der Waals surface area contributed by atoms with E-state index in [1.165, 1.54) is 31.8 Å². The number of alkyl halides is 3. The number of nitrogens with one attached hydrogen (secondary N) is 1. The number of amides is 1. The second-order valence-electron chi connectivity index (χ2n) is 6.11. The molecule has 3 aromatic heterocycles. The molecule has 0 aliphatic carbocycles. The minimum absolute atomic E-state index is 0.0507. The molecule has 0 radical (unpaired) electrons. The summed E-state index contributed by atoms with van der Waals surface area (Å²) in [5.41, 5.74) is 1.22. The average Bonchev–Trinajstić information content (AvgIpc) is 3.30. The van der Waals surface area contributed by atoms with Crippen molar-refractivity contribution in [1.29, 1.82) is 0 Å². The minimum atomic E-state index is -4.56. The molecule has 0 fully saturated rings. The van der Waals surface area contributed by atoms with Crippen molar-refractivity contribution in [3.05, 3.63) is 72.2 Å². The molecule has 28 heavy (non-hydrogen) atoms. The molecule has 1 N–H and O–H groups in total. The molecule has 0 saturated carbocycles. The Bertz CT molecular complexity index is 1150. The summed E-state index contributed by atoms with van der Waals surface area (Å²) in [5, 5.41) is 2.67. The molecule has 3 heterocycles. The molecule has 4 rings (SSSR count). The highest BCUT2D eigenvalue weighted by Gasteiger charge is 2.34. The van der Waals surface area contributed by atoms with Crippen molar-refractivity contribution in [2.24, 2.45) is 0 Å². The van der Waals surface area contributed by atoms with E-state index < -0.39 is 17.8 Å². The number of benzene rings is 1. The predicted octanol–water partition coefficient (Wildman–Crippen LogP) is 4.57. The van der Waals surface area contributed by atoms with E-state index in [9.17, 15) is 18.0 Å². The highest BCUT2D eigenvalue weighted by molar-refractivity contribution is 6.08. The number of fused-ring (bicyclic) bond motifs is 1. The zero-order valence-electron chi connectivity index (χ0n) is 14.5. The fourth-order valence-corrected chi connectivity index (χ4v) is 2.87. The molecule has 4 aromatic rings. The fraction of sp³-hybridized carbons (Fsp3) is 0.105. The summed E-state index contributed by atoms with van der Waals surface area (Å²) in [4.78, 5) is 20.7. The molecule has 0 atom stereocenters. The van der Waals surface area contributed by atoms with E-state index >= 15 is 0 Å². The summed E-state index contributed by atoms with van der Waals surface area (Å²) < 4.78 is 45.5. The maximum Gasteiger partial charge on any atom is 0.431 e. The molecule has 142 valence electrons. The molecule has 0 saturated heterocycles. The third kappa shape index (κ3) is 3.22. The maximum absolute atomic E-state index is 13.2. The maximum atomic E-state index is 13.2. The van der Waals surface area contributed by atoms with Crippen molar-refractivity contribution in [2.45, 2.75) is 13.1 Å². The van der Waals surface area contributed by atoms with Crippen molar-refractivity contribution in [2.75, 3.05) is 5.32 Å². The van der Waals surface area contributed by atoms with Gasteiger partial charge in [0.1, 0.15) is 23.3 Å². The Morgan fingerprint density at radius 3 is 2.57 bits per heavy atom. The lowest BCUT2D eigenvalue weighted by atomic mass is 10.1. The summed E-state index contributed by atoms with van der Waals surface area (Å²) in [7, 11) is 0. The monoisotopic (exact) mass is 386 g/mol. The first-order chi connectivity index (χ1) is 13.3. The molecule has 1 aromatic carbocycles. The van der Waals surface area contributed by atoms with Crippen LogP contribution in [-0.2, 0) is 6.18 Å². The molecule has 6 nitrogen and oxygen atoms in total. The quantitative estimate of drug-likeness (QED) is 0.560. The standard InChI is InChI=1S/C19H13F3N4O2/c1-11-8-16(19(20,21)22)26-7-6-14(17(26)24-11)18(27)25-13-4-2-12(3-5-13)15-9-28-10-23-15/h2-10H,1H3,(H,25,27). The largest absolute Gasteiger partial charge is 0.451 e. The zero-order chi connectivity index (χ0) is 19.9. The van der Waals surface area contributed by atoms with Crippen molar-refractivity contribution in [3.63, 3.8) is 0 Å². The SMILES string of the molecule is Cc1cc(C(F)(F)F)n2ccc(C(=O)Nc3ccc(-c4cocn4)cc3)c2n1. The lowest BCUT2D eigenvalue weighted by molar-refractivity contribution is -0.142. The normalized spacial score (nSPS) is 11.7. The van der Waals surface area contributed by atoms with Gasteiger partial charge >= 0.3 is 6.18 Å². The van der Waals surface area contributed by atoms with Crippen molar-refractivity contribution < 1.29 is 22.4 Å². The fourth-order valence-electron chi connectivity index (χ4n) is 2.87. The number of aryl methyl sites for hydroxylation is 1. The minimum Gasteiger partial charge on any atom is -0.451 e. The third-order valence-electron chi connectivity index (χ3n) is 4.15. The van der Waals surface area contributed by atoms with Gasteiger partial charge in [0.25, 0.3) is 5.91 Å². The molecular formula is C19H13F3N4O2. The van der Waals surface area contributed by atoms with Gasteiger partial charge in [-0.1, -0.05) is 12.1 Å². The van der Waals surface area contributed by atoms with Gasteiger partial charge in [0.15, 0.2) is 6.39 Å². The Kier molecular flexibility index (Phi) is 4.14. The predicted molar refractivity (Wildman–Crippen MR) is 94.8 cm³/mol. The Morgan fingerprint density at radius 2 is 1.93 bits per heavy atom. The van der Waals surface area contributed by atoms with E-state index in [0.717, 1.165) is 16.0 Å². The van der Waals surface area contributed by atoms with Gasteiger partial charge in [0.05, 0.1) is 5.56 Å². The van der Waals surface area contributed by atoms with Crippen molar-refractivity contribution in [3.8, 4) is 11.3 Å². The van der Waals surface area contributed by atoms with E-state index in [1.54, 1.807) is 24.3 Å². The number of oxazole rings is 1. The molecular weight excluding hydrogens is 373 g/mol. The van der Waals surface area contributed by atoms with E-state index in [4.69, 9.17) is 4.42 Å². The Balaban J connectivity index is 1.64. The van der Waals surface area contributed by atoms with Gasteiger partial charge in [0, 0.05) is 23.1 Å². The van der Waals surface area contributed by atoms with Crippen LogP contribution in [0.5, 0.6) is 0 Å². The number of rotatable bonds is 3. The van der Waals surface area contributed by atoms with Gasteiger partial charge in [-0.05, 0) is 31.2 Å². The number of aromatic nitrogens is 3. The van der Waals surface area contributed by atoms with Crippen molar-refractivity contribution in [1.82, 2.24) is 14.4 Å². The lowest BCUT2D eigenvalue weighted by Gasteiger charge is -2.11. The number of anilines is 1. The van der Waals surface area contributed by atoms with Gasteiger partial charge < -0.3 is 9.73 Å². The summed E-state index contributed by atoms with van der Waals surface area (Å²) >= 11 is 0. The average molecular weight is 386 g/mol. The highest BCUT2D eigenvalue weighted by atomic mass is 19.4. The number of hydrogen-bond acceptors (Lipinski definition) is 4. The van der Waals surface area contributed by atoms with Crippen LogP contribution in [0.4, 0.5) is 18.9 Å². The van der Waals surface area contributed by atoms with Crippen molar-refractivity contribution >= 4 is 17.2 Å². The van der Waals surface area contributed by atoms with Crippen LogP contribution in [0.3, 0.4) is 0 Å². The molecule has 0 bridgehead atoms. The smallest absolute Gasteiger partial charge is 0.431 e. The first-order valence-corrected chi connectivity index (χ1v) is 8.19. The molecule has 0 aliphatic heterocycles. The third-order valence-corrected chi connectivity index (χ3v) is 4.15. The van der Waals surface area contributed by atoms with Gasteiger partial charge in [-0.25, -0.2) is 9.97 Å².